The van der Waals surface area contributed by atoms with Gasteiger partial charge in [-0.1, -0.05) is 6.58 Å². The van der Waals surface area contributed by atoms with Gasteiger partial charge in [-0.05, 0) is 43.5 Å². The van der Waals surface area contributed by atoms with Gasteiger partial charge in [-0.3, -0.25) is 9.69 Å². The SMILES string of the molecule is C=C1N(c2cnc(C#N)c(C(F)(F)F)c2)C(=O)C2(CCC2)N1c1ccc(C(=O)OC)c(F)c1. The molecule has 4 rings (SSSR count). The van der Waals surface area contributed by atoms with E-state index in [2.05, 4.69) is 16.3 Å². The van der Waals surface area contributed by atoms with Gasteiger partial charge in [-0.25, -0.2) is 14.2 Å². The van der Waals surface area contributed by atoms with E-state index in [1.165, 1.54) is 23.1 Å². The lowest BCUT2D eigenvalue weighted by atomic mass is 9.75. The first-order valence-electron chi connectivity index (χ1n) is 9.74. The number of aromatic nitrogens is 1. The molecule has 11 heteroatoms. The lowest BCUT2D eigenvalue weighted by Gasteiger charge is -2.43. The van der Waals surface area contributed by atoms with Crippen molar-refractivity contribution in [3.63, 3.8) is 0 Å². The summed E-state index contributed by atoms with van der Waals surface area (Å²) in [6.07, 6.45) is -2.45. The van der Waals surface area contributed by atoms with Crippen LogP contribution < -0.4 is 9.80 Å². The molecule has 7 nitrogen and oxygen atoms in total. The molecule has 2 aromatic rings. The summed E-state index contributed by atoms with van der Waals surface area (Å²) in [6, 6.07) is 5.73. The van der Waals surface area contributed by atoms with Crippen LogP contribution in [0.1, 0.15) is 40.9 Å². The van der Waals surface area contributed by atoms with E-state index in [-0.39, 0.29) is 22.8 Å². The topological polar surface area (TPSA) is 86.5 Å². The average molecular weight is 460 g/mol. The Labute approximate surface area is 185 Å². The van der Waals surface area contributed by atoms with Crippen LogP contribution in [0.3, 0.4) is 0 Å². The van der Waals surface area contributed by atoms with E-state index in [4.69, 9.17) is 5.26 Å². The first kappa shape index (κ1) is 22.3. The van der Waals surface area contributed by atoms with Gasteiger partial charge in [0.1, 0.15) is 23.2 Å². The Bertz CT molecular complexity index is 1230. The maximum absolute atomic E-state index is 14.6. The van der Waals surface area contributed by atoms with Crippen LogP contribution in [0.15, 0.2) is 42.9 Å². The Morgan fingerprint density at radius 1 is 1.27 bits per heavy atom. The molecule has 1 aromatic carbocycles. The van der Waals surface area contributed by atoms with Crippen molar-refractivity contribution in [1.82, 2.24) is 4.98 Å². The van der Waals surface area contributed by atoms with Gasteiger partial charge in [0.05, 0.1) is 30.1 Å². The minimum absolute atomic E-state index is 0.00421. The molecular weight excluding hydrogens is 444 g/mol. The molecule has 2 aliphatic rings. The van der Waals surface area contributed by atoms with Gasteiger partial charge in [0.15, 0.2) is 5.69 Å². The molecule has 2 heterocycles. The smallest absolute Gasteiger partial charge is 0.419 e. The van der Waals surface area contributed by atoms with E-state index in [0.29, 0.717) is 25.3 Å². The van der Waals surface area contributed by atoms with Crippen LogP contribution in [0.2, 0.25) is 0 Å². The molecule has 1 saturated carbocycles. The van der Waals surface area contributed by atoms with E-state index in [0.717, 1.165) is 24.3 Å². The third kappa shape index (κ3) is 3.29. The molecule has 0 atom stereocenters. The molecule has 1 saturated heterocycles. The number of halogens is 4. The summed E-state index contributed by atoms with van der Waals surface area (Å²) in [5.74, 6) is -2.29. The average Bonchev–Trinajstić information content (AvgIpc) is 2.98. The number of nitriles is 1. The van der Waals surface area contributed by atoms with E-state index in [1.807, 2.05) is 0 Å². The van der Waals surface area contributed by atoms with Gasteiger partial charge in [0.25, 0.3) is 5.91 Å². The molecule has 1 amide bonds. The van der Waals surface area contributed by atoms with Crippen LogP contribution in [0, 0.1) is 17.1 Å². The predicted octanol–water partition coefficient (Wildman–Crippen LogP) is 4.14. The number of anilines is 2. The summed E-state index contributed by atoms with van der Waals surface area (Å²) in [6.45, 7) is 3.88. The van der Waals surface area contributed by atoms with Crippen molar-refractivity contribution in [2.24, 2.45) is 0 Å². The van der Waals surface area contributed by atoms with Gasteiger partial charge in [-0.2, -0.15) is 18.4 Å². The quantitative estimate of drug-likeness (QED) is 0.506. The van der Waals surface area contributed by atoms with Crippen LogP contribution in [0.5, 0.6) is 0 Å². The predicted molar refractivity (Wildman–Crippen MR) is 107 cm³/mol. The summed E-state index contributed by atoms with van der Waals surface area (Å²) in [4.78, 5) is 31.1. The van der Waals surface area contributed by atoms with Gasteiger partial charge in [-0.15, -0.1) is 0 Å². The summed E-state index contributed by atoms with van der Waals surface area (Å²) < 4.78 is 59.5. The van der Waals surface area contributed by atoms with Crippen molar-refractivity contribution in [3.05, 3.63) is 65.5 Å². The first-order chi connectivity index (χ1) is 15.5. The number of hydrogen-bond acceptors (Lipinski definition) is 6. The van der Waals surface area contributed by atoms with E-state index >= 15 is 0 Å². The van der Waals surface area contributed by atoms with Crippen molar-refractivity contribution >= 4 is 23.3 Å². The minimum Gasteiger partial charge on any atom is -0.465 e. The van der Waals surface area contributed by atoms with Crippen LogP contribution in [0.4, 0.5) is 28.9 Å². The van der Waals surface area contributed by atoms with Crippen LogP contribution in [0.25, 0.3) is 0 Å². The van der Waals surface area contributed by atoms with Gasteiger partial charge < -0.3 is 9.64 Å². The Balaban J connectivity index is 1.80. The second-order valence-electron chi connectivity index (χ2n) is 7.63. The highest BCUT2D eigenvalue weighted by Gasteiger charge is 2.59. The molecule has 0 unspecified atom stereocenters. The first-order valence-corrected chi connectivity index (χ1v) is 9.74. The summed E-state index contributed by atoms with van der Waals surface area (Å²) >= 11 is 0. The summed E-state index contributed by atoms with van der Waals surface area (Å²) in [5, 5.41) is 8.98. The molecule has 170 valence electrons. The van der Waals surface area contributed by atoms with E-state index in [9.17, 15) is 27.2 Å². The maximum atomic E-state index is 14.6. The van der Waals surface area contributed by atoms with Gasteiger partial charge in [0.2, 0.25) is 0 Å². The third-order valence-corrected chi connectivity index (χ3v) is 5.89. The number of rotatable bonds is 3. The number of methoxy groups -OCH3 is 1. The van der Waals surface area contributed by atoms with Crippen LogP contribution >= 0.6 is 0 Å². The van der Waals surface area contributed by atoms with Crippen molar-refractivity contribution < 1.29 is 31.9 Å². The standard InChI is InChI=1S/C22H16F4N4O3/c1-12-29(14-8-16(22(24,25)26)18(10-27)28-11-14)20(32)21(6-3-7-21)30(12)13-4-5-15(17(23)9-13)19(31)33-2/h4-5,8-9,11H,1,3,6-7H2,2H3. The molecule has 2 fully saturated rings. The summed E-state index contributed by atoms with van der Waals surface area (Å²) in [7, 11) is 1.11. The number of pyridine rings is 1. The van der Waals surface area contributed by atoms with Crippen molar-refractivity contribution in [1.29, 1.82) is 5.26 Å². The highest BCUT2D eigenvalue weighted by Crippen LogP contribution is 2.50. The molecule has 1 spiro atoms. The molecule has 1 aliphatic carbocycles. The minimum atomic E-state index is -4.86. The normalized spacial score (nSPS) is 17.2. The highest BCUT2D eigenvalue weighted by atomic mass is 19.4. The largest absolute Gasteiger partial charge is 0.465 e. The number of hydrogen-bond donors (Lipinski definition) is 0. The van der Waals surface area contributed by atoms with Gasteiger partial charge in [0, 0.05) is 5.69 Å². The number of carbonyl (C=O) groups is 2. The second-order valence-corrected chi connectivity index (χ2v) is 7.63. The van der Waals surface area contributed by atoms with Crippen LogP contribution in [-0.2, 0) is 15.7 Å². The molecule has 0 N–H and O–H groups in total. The number of nitrogens with zero attached hydrogens (tertiary/aromatic N) is 4. The number of ether oxygens (including phenoxy) is 1. The van der Waals surface area contributed by atoms with Crippen molar-refractivity contribution in [2.75, 3.05) is 16.9 Å². The molecule has 0 bridgehead atoms. The molecular formula is C22H16F4N4O3. The van der Waals surface area contributed by atoms with Gasteiger partial charge >= 0.3 is 12.1 Å². The van der Waals surface area contributed by atoms with Crippen LogP contribution in [-0.4, -0.2) is 29.5 Å². The molecule has 1 aliphatic heterocycles. The molecule has 0 radical (unpaired) electrons. The Hall–Kier alpha value is -3.94. The molecule has 1 aromatic heterocycles. The second kappa shape index (κ2) is 7.58. The Morgan fingerprint density at radius 2 is 1.97 bits per heavy atom. The number of carbonyl (C=O) groups excluding carboxylic acids is 2. The lowest BCUT2D eigenvalue weighted by Crippen LogP contribution is -2.54. The number of esters is 1. The number of alkyl halides is 3. The van der Waals surface area contributed by atoms with Crippen molar-refractivity contribution in [2.45, 2.75) is 31.0 Å². The fraction of sp³-hybridized carbons (Fsp3) is 0.273. The third-order valence-electron chi connectivity index (χ3n) is 5.89. The number of benzene rings is 1. The zero-order chi connectivity index (χ0) is 24.1. The Kier molecular flexibility index (Phi) is 5.11. The van der Waals surface area contributed by atoms with E-state index < -0.39 is 40.7 Å². The zero-order valence-corrected chi connectivity index (χ0v) is 17.2. The van der Waals surface area contributed by atoms with Crippen molar-refractivity contribution in [3.8, 4) is 6.07 Å². The lowest BCUT2D eigenvalue weighted by molar-refractivity contribution is -0.138. The van der Waals surface area contributed by atoms with E-state index in [1.54, 1.807) is 0 Å². The maximum Gasteiger partial charge on any atom is 0.419 e. The zero-order valence-electron chi connectivity index (χ0n) is 17.2. The number of amides is 1. The fourth-order valence-electron chi connectivity index (χ4n) is 4.18. The Morgan fingerprint density at radius 3 is 2.48 bits per heavy atom. The monoisotopic (exact) mass is 460 g/mol. The molecule has 33 heavy (non-hydrogen) atoms. The fourth-order valence-corrected chi connectivity index (χ4v) is 4.18. The highest BCUT2D eigenvalue weighted by molar-refractivity contribution is 6.11. The summed E-state index contributed by atoms with van der Waals surface area (Å²) in [5.41, 5.74) is -3.56.